The molecule has 3 nitrogen and oxygen atoms in total. The second-order valence-electron chi connectivity index (χ2n) is 5.63. The van der Waals surface area contributed by atoms with Crippen LogP contribution in [0.3, 0.4) is 0 Å². The fourth-order valence-electron chi connectivity index (χ4n) is 2.68. The minimum absolute atomic E-state index is 0.0514. The maximum atomic E-state index is 12.1. The van der Waals surface area contributed by atoms with Crippen LogP contribution in [0.1, 0.15) is 39.0 Å². The summed E-state index contributed by atoms with van der Waals surface area (Å²) >= 11 is 5.93. The molecule has 1 aromatic carbocycles. The van der Waals surface area contributed by atoms with E-state index in [9.17, 15) is 4.79 Å². The summed E-state index contributed by atoms with van der Waals surface area (Å²) in [6.07, 6.45) is 6.44. The van der Waals surface area contributed by atoms with Gasteiger partial charge in [-0.25, -0.2) is 0 Å². The van der Waals surface area contributed by atoms with Gasteiger partial charge in [-0.15, -0.1) is 0 Å². The maximum Gasteiger partial charge on any atom is 0.242 e. The maximum absolute atomic E-state index is 12.1. The Morgan fingerprint density at radius 3 is 2.80 bits per heavy atom. The molecule has 2 N–H and O–H groups in total. The average Bonchev–Trinajstić information content (AvgIpc) is 2.46. The van der Waals surface area contributed by atoms with E-state index >= 15 is 0 Å². The minimum Gasteiger partial charge on any atom is -0.374 e. The first-order valence-electron chi connectivity index (χ1n) is 7.45. The van der Waals surface area contributed by atoms with E-state index < -0.39 is 0 Å². The lowest BCUT2D eigenvalue weighted by Gasteiger charge is -2.23. The van der Waals surface area contributed by atoms with Crippen LogP contribution in [-0.2, 0) is 4.79 Å². The van der Waals surface area contributed by atoms with E-state index in [2.05, 4.69) is 10.6 Å². The van der Waals surface area contributed by atoms with Gasteiger partial charge in [0.05, 0.1) is 0 Å². The smallest absolute Gasteiger partial charge is 0.242 e. The van der Waals surface area contributed by atoms with Crippen molar-refractivity contribution < 1.29 is 4.79 Å². The third-order valence-electron chi connectivity index (χ3n) is 3.89. The van der Waals surface area contributed by atoms with Gasteiger partial charge in [0, 0.05) is 17.3 Å². The molecule has 110 valence electrons. The minimum atomic E-state index is -0.253. The monoisotopic (exact) mass is 294 g/mol. The van der Waals surface area contributed by atoms with Crippen LogP contribution in [0.5, 0.6) is 0 Å². The highest BCUT2D eigenvalue weighted by atomic mass is 35.5. The Balaban J connectivity index is 1.76. The summed E-state index contributed by atoms with van der Waals surface area (Å²) in [6.45, 7) is 2.68. The number of carbonyl (C=O) groups excluding carboxylic acids is 1. The average molecular weight is 295 g/mol. The molecule has 0 unspecified atom stereocenters. The van der Waals surface area contributed by atoms with Gasteiger partial charge in [-0.3, -0.25) is 4.79 Å². The number of rotatable bonds is 5. The molecule has 0 aromatic heterocycles. The predicted octanol–water partition coefficient (Wildman–Crippen LogP) is 3.84. The molecule has 1 aromatic rings. The zero-order valence-corrected chi connectivity index (χ0v) is 12.7. The van der Waals surface area contributed by atoms with E-state index in [1.54, 1.807) is 0 Å². The van der Waals surface area contributed by atoms with Crippen LogP contribution in [0, 0.1) is 5.92 Å². The molecule has 0 radical (unpaired) electrons. The molecule has 0 bridgehead atoms. The van der Waals surface area contributed by atoms with Crippen LogP contribution in [-0.4, -0.2) is 18.5 Å². The van der Waals surface area contributed by atoms with E-state index in [-0.39, 0.29) is 11.9 Å². The van der Waals surface area contributed by atoms with Crippen molar-refractivity contribution in [3.63, 3.8) is 0 Å². The lowest BCUT2D eigenvalue weighted by Crippen LogP contribution is -2.40. The second kappa shape index (κ2) is 7.53. The van der Waals surface area contributed by atoms with Crippen LogP contribution < -0.4 is 10.6 Å². The number of benzene rings is 1. The highest BCUT2D eigenvalue weighted by molar-refractivity contribution is 6.30. The number of hydrogen-bond acceptors (Lipinski definition) is 2. The summed E-state index contributed by atoms with van der Waals surface area (Å²) < 4.78 is 0. The van der Waals surface area contributed by atoms with Crippen LogP contribution in [0.25, 0.3) is 0 Å². The van der Waals surface area contributed by atoms with Crippen molar-refractivity contribution in [2.45, 2.75) is 45.1 Å². The Labute approximate surface area is 126 Å². The predicted molar refractivity (Wildman–Crippen MR) is 84.1 cm³/mol. The topological polar surface area (TPSA) is 41.1 Å². The van der Waals surface area contributed by atoms with Crippen molar-refractivity contribution in [2.24, 2.45) is 5.92 Å². The molecule has 1 saturated carbocycles. The standard InChI is InChI=1S/C16H23ClN2O/c1-12(19-15-9-5-8-14(17)10-15)16(20)18-11-13-6-3-2-4-7-13/h5,8-10,12-13,19H,2-4,6-7,11H2,1H3,(H,18,20)/t12-/m0/s1. The van der Waals surface area contributed by atoms with Crippen molar-refractivity contribution in [1.82, 2.24) is 5.32 Å². The van der Waals surface area contributed by atoms with Gasteiger partial charge < -0.3 is 10.6 Å². The number of hydrogen-bond donors (Lipinski definition) is 2. The Kier molecular flexibility index (Phi) is 5.72. The number of carbonyl (C=O) groups is 1. The van der Waals surface area contributed by atoms with Gasteiger partial charge in [-0.2, -0.15) is 0 Å². The number of anilines is 1. The molecule has 0 saturated heterocycles. The molecule has 1 aliphatic rings. The molecule has 2 rings (SSSR count). The number of halogens is 1. The first-order chi connectivity index (χ1) is 9.65. The molecule has 4 heteroatoms. The summed E-state index contributed by atoms with van der Waals surface area (Å²) in [4.78, 5) is 12.1. The van der Waals surface area contributed by atoms with Crippen molar-refractivity contribution in [1.29, 1.82) is 0 Å². The lowest BCUT2D eigenvalue weighted by atomic mass is 9.89. The number of amides is 1. The quantitative estimate of drug-likeness (QED) is 0.866. The molecule has 20 heavy (non-hydrogen) atoms. The zero-order chi connectivity index (χ0) is 14.4. The fourth-order valence-corrected chi connectivity index (χ4v) is 2.87. The SMILES string of the molecule is C[C@H](Nc1cccc(Cl)c1)C(=O)NCC1CCCCC1. The van der Waals surface area contributed by atoms with Gasteiger partial charge >= 0.3 is 0 Å². The van der Waals surface area contributed by atoms with Gasteiger partial charge in [-0.1, -0.05) is 36.9 Å². The first-order valence-corrected chi connectivity index (χ1v) is 7.83. The normalized spacial score (nSPS) is 17.5. The van der Waals surface area contributed by atoms with Crippen LogP contribution in [0.15, 0.2) is 24.3 Å². The van der Waals surface area contributed by atoms with Crippen molar-refractivity contribution >= 4 is 23.2 Å². The molecule has 0 heterocycles. The highest BCUT2D eigenvalue weighted by Gasteiger charge is 2.17. The summed E-state index contributed by atoms with van der Waals surface area (Å²) in [5, 5.41) is 6.90. The summed E-state index contributed by atoms with van der Waals surface area (Å²) in [5.74, 6) is 0.710. The fraction of sp³-hybridized carbons (Fsp3) is 0.562. The van der Waals surface area contributed by atoms with Gasteiger partial charge in [-0.05, 0) is 43.9 Å². The van der Waals surface area contributed by atoms with E-state index in [4.69, 9.17) is 11.6 Å². The molecule has 1 amide bonds. The third kappa shape index (κ3) is 4.71. The van der Waals surface area contributed by atoms with E-state index in [1.165, 1.54) is 32.1 Å². The largest absolute Gasteiger partial charge is 0.374 e. The molecule has 0 aliphatic heterocycles. The Hall–Kier alpha value is -1.22. The van der Waals surface area contributed by atoms with E-state index in [0.29, 0.717) is 10.9 Å². The van der Waals surface area contributed by atoms with Gasteiger partial charge in [0.2, 0.25) is 5.91 Å². The summed E-state index contributed by atoms with van der Waals surface area (Å²) in [5.41, 5.74) is 0.873. The zero-order valence-electron chi connectivity index (χ0n) is 12.0. The Morgan fingerprint density at radius 1 is 1.35 bits per heavy atom. The van der Waals surface area contributed by atoms with E-state index in [1.807, 2.05) is 31.2 Å². The second-order valence-corrected chi connectivity index (χ2v) is 6.06. The summed E-state index contributed by atoms with van der Waals surface area (Å²) in [6, 6.07) is 7.18. The van der Waals surface area contributed by atoms with Crippen LogP contribution in [0.4, 0.5) is 5.69 Å². The Morgan fingerprint density at radius 2 is 2.10 bits per heavy atom. The van der Waals surface area contributed by atoms with Crippen LogP contribution >= 0.6 is 11.6 Å². The first kappa shape index (κ1) is 15.2. The van der Waals surface area contributed by atoms with Gasteiger partial charge in [0.15, 0.2) is 0 Å². The molecular formula is C16H23ClN2O. The third-order valence-corrected chi connectivity index (χ3v) is 4.13. The number of nitrogens with one attached hydrogen (secondary N) is 2. The molecular weight excluding hydrogens is 272 g/mol. The van der Waals surface area contributed by atoms with Crippen molar-refractivity contribution in [2.75, 3.05) is 11.9 Å². The molecule has 1 atom stereocenters. The molecule has 1 fully saturated rings. The Bertz CT molecular complexity index is 444. The van der Waals surface area contributed by atoms with Crippen molar-refractivity contribution in [3.05, 3.63) is 29.3 Å². The highest BCUT2D eigenvalue weighted by Crippen LogP contribution is 2.22. The summed E-state index contributed by atoms with van der Waals surface area (Å²) in [7, 11) is 0. The van der Waals surface area contributed by atoms with Gasteiger partial charge in [0.25, 0.3) is 0 Å². The van der Waals surface area contributed by atoms with Gasteiger partial charge in [0.1, 0.15) is 6.04 Å². The van der Waals surface area contributed by atoms with Crippen molar-refractivity contribution in [3.8, 4) is 0 Å². The molecule has 1 aliphatic carbocycles. The van der Waals surface area contributed by atoms with E-state index in [0.717, 1.165) is 12.2 Å². The molecule has 0 spiro atoms. The van der Waals surface area contributed by atoms with Crippen LogP contribution in [0.2, 0.25) is 5.02 Å². The lowest BCUT2D eigenvalue weighted by molar-refractivity contribution is -0.121.